The number of H-pyrrole nitrogens is 1. The largest absolute Gasteiger partial charge is 0.465 e. The van der Waals surface area contributed by atoms with Gasteiger partial charge in [-0.2, -0.15) is 0 Å². The van der Waals surface area contributed by atoms with Gasteiger partial charge in [0.2, 0.25) is 0 Å². The summed E-state index contributed by atoms with van der Waals surface area (Å²) < 4.78 is 20.4. The van der Waals surface area contributed by atoms with Crippen molar-refractivity contribution >= 4 is 44.6 Å². The molecule has 0 radical (unpaired) electrons. The van der Waals surface area contributed by atoms with Crippen LogP contribution in [0.3, 0.4) is 0 Å². The smallest absolute Gasteiger partial charge is 0.337 e. The number of aromatic amines is 1. The molecular weight excluding hydrogens is 501 g/mol. The van der Waals surface area contributed by atoms with Crippen LogP contribution in [0.1, 0.15) is 26.3 Å². The summed E-state index contributed by atoms with van der Waals surface area (Å²) in [7, 11) is 1.30. The molecule has 0 aliphatic heterocycles. The summed E-state index contributed by atoms with van der Waals surface area (Å²) in [5, 5.41) is 1.50. The van der Waals surface area contributed by atoms with E-state index < -0.39 is 23.3 Å². The van der Waals surface area contributed by atoms with Crippen molar-refractivity contribution in [3.63, 3.8) is 0 Å². The van der Waals surface area contributed by atoms with Gasteiger partial charge in [-0.1, -0.05) is 24.3 Å². The van der Waals surface area contributed by atoms with Crippen LogP contribution < -0.4 is 11.3 Å². The number of nitrogens with one attached hydrogen (secondary N) is 1. The number of ether oxygens (including phenoxy) is 1. The molecule has 0 bridgehead atoms. The second-order valence-corrected chi connectivity index (χ2v) is 9.02. The highest BCUT2D eigenvalue weighted by molar-refractivity contribution is 6.19. The Balaban J connectivity index is 1.62. The maximum atomic E-state index is 14.2. The minimum absolute atomic E-state index is 0.00286. The summed E-state index contributed by atoms with van der Waals surface area (Å²) in [6, 6.07) is 14.7. The first kappa shape index (κ1) is 24.0. The fourth-order valence-electron chi connectivity index (χ4n) is 4.97. The Morgan fingerprint density at radius 1 is 1.05 bits per heavy atom. The van der Waals surface area contributed by atoms with E-state index in [0.29, 0.717) is 49.9 Å². The van der Waals surface area contributed by atoms with Gasteiger partial charge in [0, 0.05) is 28.0 Å². The molecule has 0 saturated carbocycles. The van der Waals surface area contributed by atoms with E-state index in [1.807, 2.05) is 13.0 Å². The van der Waals surface area contributed by atoms with E-state index in [-0.39, 0.29) is 16.5 Å². The number of carbonyl (C=O) groups excluding carboxylic acids is 2. The average molecular weight is 522 g/mol. The summed E-state index contributed by atoms with van der Waals surface area (Å²) in [5.74, 6) is -1.73. The molecular formula is C29H20FN5O4. The van der Waals surface area contributed by atoms with Crippen molar-refractivity contribution in [3.05, 3.63) is 100.0 Å². The highest BCUT2D eigenvalue weighted by Gasteiger charge is 2.21. The summed E-state index contributed by atoms with van der Waals surface area (Å²) in [6.07, 6.45) is 2.70. The number of aromatic nitrogens is 4. The van der Waals surface area contributed by atoms with E-state index in [4.69, 9.17) is 10.5 Å². The fourth-order valence-corrected chi connectivity index (χ4v) is 4.97. The zero-order valence-corrected chi connectivity index (χ0v) is 20.8. The second kappa shape index (κ2) is 8.88. The third-order valence-electron chi connectivity index (χ3n) is 6.87. The Morgan fingerprint density at radius 3 is 2.62 bits per heavy atom. The van der Waals surface area contributed by atoms with Gasteiger partial charge in [0.15, 0.2) is 0 Å². The molecule has 3 heterocycles. The monoisotopic (exact) mass is 521 g/mol. The minimum atomic E-state index is -0.662. The maximum absolute atomic E-state index is 14.2. The molecule has 3 aromatic carbocycles. The van der Waals surface area contributed by atoms with E-state index in [2.05, 4.69) is 15.0 Å². The number of nitrogens with two attached hydrogens (primary N) is 1. The summed E-state index contributed by atoms with van der Waals surface area (Å²) in [4.78, 5) is 49.7. The van der Waals surface area contributed by atoms with Gasteiger partial charge in [-0.25, -0.2) is 14.2 Å². The number of amides is 1. The number of primary amides is 1. The zero-order chi connectivity index (χ0) is 27.4. The molecule has 1 amide bonds. The highest BCUT2D eigenvalue weighted by atomic mass is 19.1. The first-order valence-corrected chi connectivity index (χ1v) is 11.9. The lowest BCUT2D eigenvalue weighted by Crippen LogP contribution is -2.20. The van der Waals surface area contributed by atoms with Crippen molar-refractivity contribution in [1.29, 1.82) is 0 Å². The quantitative estimate of drug-likeness (QED) is 0.330. The van der Waals surface area contributed by atoms with E-state index in [0.717, 1.165) is 0 Å². The lowest BCUT2D eigenvalue weighted by atomic mass is 9.98. The molecule has 0 fully saturated rings. The number of benzene rings is 3. The molecule has 0 aliphatic carbocycles. The van der Waals surface area contributed by atoms with Gasteiger partial charge in [0.25, 0.3) is 11.5 Å². The molecule has 0 aliphatic rings. The van der Waals surface area contributed by atoms with E-state index in [1.54, 1.807) is 30.3 Å². The van der Waals surface area contributed by atoms with Gasteiger partial charge >= 0.3 is 5.97 Å². The predicted molar refractivity (Wildman–Crippen MR) is 144 cm³/mol. The van der Waals surface area contributed by atoms with Gasteiger partial charge in [-0.15, -0.1) is 0 Å². The Labute approximate surface area is 219 Å². The van der Waals surface area contributed by atoms with Gasteiger partial charge < -0.3 is 15.5 Å². The van der Waals surface area contributed by atoms with Crippen LogP contribution in [-0.4, -0.2) is 38.5 Å². The third-order valence-corrected chi connectivity index (χ3v) is 6.87. The molecule has 39 heavy (non-hydrogen) atoms. The molecule has 0 spiro atoms. The normalized spacial score (nSPS) is 11.4. The number of fused-ring (bicyclic) bond motifs is 4. The van der Waals surface area contributed by atoms with Crippen LogP contribution in [0.25, 0.3) is 49.7 Å². The molecule has 9 nitrogen and oxygen atoms in total. The molecule has 3 aromatic heterocycles. The summed E-state index contributed by atoms with van der Waals surface area (Å²) in [5.41, 5.74) is 9.31. The number of pyridine rings is 1. The first-order valence-electron chi connectivity index (χ1n) is 11.9. The number of para-hydroxylation sites is 1. The predicted octanol–water partition coefficient (Wildman–Crippen LogP) is 4.42. The number of carbonyl (C=O) groups is 2. The fraction of sp³-hybridized carbons (Fsp3) is 0.0690. The van der Waals surface area contributed by atoms with Gasteiger partial charge in [0.1, 0.15) is 17.7 Å². The van der Waals surface area contributed by atoms with Crippen molar-refractivity contribution in [2.75, 3.05) is 7.11 Å². The molecule has 3 N–H and O–H groups in total. The van der Waals surface area contributed by atoms with Crippen LogP contribution in [0, 0.1) is 12.7 Å². The Hall–Kier alpha value is -5.38. The summed E-state index contributed by atoms with van der Waals surface area (Å²) in [6.45, 7) is 1.84. The standard InChI is InChI=1S/C29H20FN5O4/c1-14-16(5-4-8-22(14)35-13-33-24-18(28(35)37)6-3-7-20(24)30)25-23-17-10-9-15(29(38)39-2)11-21(17)34-26(23)19(12-32-25)27(31)36/h3-13,34H,1-2H3,(H2,31,36). The molecule has 10 heteroatoms. The van der Waals surface area contributed by atoms with E-state index >= 15 is 0 Å². The number of methoxy groups -OCH3 is 1. The second-order valence-electron chi connectivity index (χ2n) is 9.02. The minimum Gasteiger partial charge on any atom is -0.465 e. The maximum Gasteiger partial charge on any atom is 0.337 e. The molecule has 6 aromatic rings. The Morgan fingerprint density at radius 2 is 1.85 bits per heavy atom. The van der Waals surface area contributed by atoms with E-state index in [9.17, 15) is 18.8 Å². The van der Waals surface area contributed by atoms with Crippen molar-refractivity contribution in [2.24, 2.45) is 5.73 Å². The topological polar surface area (TPSA) is 133 Å². The van der Waals surface area contributed by atoms with Crippen molar-refractivity contribution in [3.8, 4) is 16.9 Å². The van der Waals surface area contributed by atoms with Gasteiger partial charge in [-0.3, -0.25) is 19.1 Å². The average Bonchev–Trinajstić information content (AvgIpc) is 3.32. The molecule has 6 rings (SSSR count). The number of hydrogen-bond acceptors (Lipinski definition) is 6. The Bertz CT molecular complexity index is 2060. The molecule has 192 valence electrons. The number of nitrogens with zero attached hydrogens (tertiary/aromatic N) is 3. The number of rotatable bonds is 4. The summed E-state index contributed by atoms with van der Waals surface area (Å²) >= 11 is 0. The third kappa shape index (κ3) is 3.64. The van der Waals surface area contributed by atoms with Crippen LogP contribution in [0.2, 0.25) is 0 Å². The SMILES string of the molecule is COC(=O)c1ccc2c(c1)[nH]c1c(C(N)=O)cnc(-c3cccc(-n4cnc5c(F)cccc5c4=O)c3C)c12. The highest BCUT2D eigenvalue weighted by Crippen LogP contribution is 2.37. The first-order chi connectivity index (χ1) is 18.8. The number of esters is 1. The van der Waals surface area contributed by atoms with Crippen LogP contribution >= 0.6 is 0 Å². The lowest BCUT2D eigenvalue weighted by molar-refractivity contribution is 0.0600. The van der Waals surface area contributed by atoms with Crippen molar-refractivity contribution in [2.45, 2.75) is 6.92 Å². The van der Waals surface area contributed by atoms with E-state index in [1.165, 1.54) is 42.4 Å². The number of hydrogen-bond donors (Lipinski definition) is 2. The van der Waals surface area contributed by atoms with Gasteiger partial charge in [0.05, 0.1) is 40.5 Å². The van der Waals surface area contributed by atoms with Crippen LogP contribution in [-0.2, 0) is 4.74 Å². The van der Waals surface area contributed by atoms with Crippen molar-refractivity contribution in [1.82, 2.24) is 19.5 Å². The molecule has 0 unspecified atom stereocenters. The molecule has 0 atom stereocenters. The van der Waals surface area contributed by atoms with Crippen LogP contribution in [0.15, 0.2) is 71.9 Å². The van der Waals surface area contributed by atoms with Crippen LogP contribution in [0.5, 0.6) is 0 Å². The zero-order valence-electron chi connectivity index (χ0n) is 20.8. The molecule has 0 saturated heterocycles. The van der Waals surface area contributed by atoms with Crippen molar-refractivity contribution < 1.29 is 18.7 Å². The van der Waals surface area contributed by atoms with Gasteiger partial charge in [-0.05, 0) is 42.8 Å². The lowest BCUT2D eigenvalue weighted by Gasteiger charge is -2.14. The number of halogens is 1. The van der Waals surface area contributed by atoms with Crippen LogP contribution in [0.4, 0.5) is 4.39 Å². The Kier molecular flexibility index (Phi) is 5.46.